The summed E-state index contributed by atoms with van der Waals surface area (Å²) in [6.45, 7) is 4.91. The fourth-order valence-electron chi connectivity index (χ4n) is 2.85. The van der Waals surface area contributed by atoms with Crippen LogP contribution in [-0.4, -0.2) is 51.0 Å². The third kappa shape index (κ3) is 5.25. The summed E-state index contributed by atoms with van der Waals surface area (Å²) in [7, 11) is -4.00. The predicted octanol–water partition coefficient (Wildman–Crippen LogP) is 2.55. The first-order valence-corrected chi connectivity index (χ1v) is 10.5. The van der Waals surface area contributed by atoms with E-state index in [9.17, 15) is 17.6 Å². The molecule has 0 aromatic heterocycles. The van der Waals surface area contributed by atoms with E-state index in [1.165, 1.54) is 10.4 Å². The monoisotopic (exact) mass is 386 g/mol. The lowest BCUT2D eigenvalue weighted by atomic mass is 10.1. The lowest BCUT2D eigenvalue weighted by Crippen LogP contribution is -2.41. The highest BCUT2D eigenvalue weighted by molar-refractivity contribution is 7.89. The Hall–Kier alpha value is -1.51. The molecule has 146 valence electrons. The second-order valence-corrected chi connectivity index (χ2v) is 8.44. The Kier molecular flexibility index (Phi) is 7.55. The van der Waals surface area contributed by atoms with Crippen molar-refractivity contribution in [2.75, 3.05) is 26.3 Å². The third-order valence-electron chi connectivity index (χ3n) is 4.40. The van der Waals surface area contributed by atoms with E-state index < -0.39 is 26.6 Å². The molecule has 0 spiro atoms. The lowest BCUT2D eigenvalue weighted by molar-refractivity contribution is 0.0729. The first-order chi connectivity index (χ1) is 12.4. The van der Waals surface area contributed by atoms with Gasteiger partial charge in [0.15, 0.2) is 0 Å². The maximum Gasteiger partial charge on any atom is 0.251 e. The molecule has 0 saturated carbocycles. The standard InChI is InChI=1S/C18H27FN2O4S/c1-3-4-5-6-14(2)20-18(22)15-7-8-16(19)17(13-15)26(23,24)21-9-11-25-12-10-21/h7-8,13-14H,3-6,9-12H2,1-2H3,(H,20,22). The topological polar surface area (TPSA) is 75.7 Å². The van der Waals surface area contributed by atoms with Gasteiger partial charge in [0.05, 0.1) is 13.2 Å². The minimum Gasteiger partial charge on any atom is -0.379 e. The molecule has 1 fully saturated rings. The number of halogens is 1. The highest BCUT2D eigenvalue weighted by Gasteiger charge is 2.29. The number of hydrogen-bond donors (Lipinski definition) is 1. The van der Waals surface area contributed by atoms with Crippen LogP contribution >= 0.6 is 0 Å². The Labute approximate surface area is 154 Å². The molecule has 1 aromatic carbocycles. The van der Waals surface area contributed by atoms with Crippen LogP contribution in [0, 0.1) is 5.82 Å². The largest absolute Gasteiger partial charge is 0.379 e. The predicted molar refractivity (Wildman–Crippen MR) is 97.0 cm³/mol. The third-order valence-corrected chi connectivity index (χ3v) is 6.31. The summed E-state index contributed by atoms with van der Waals surface area (Å²) in [5.41, 5.74) is 0.139. The Morgan fingerprint density at radius 2 is 2.00 bits per heavy atom. The molecular weight excluding hydrogens is 359 g/mol. The van der Waals surface area contributed by atoms with Crippen LogP contribution in [0.4, 0.5) is 4.39 Å². The van der Waals surface area contributed by atoms with Crippen LogP contribution in [0.2, 0.25) is 0 Å². The fourth-order valence-corrected chi connectivity index (χ4v) is 4.35. The zero-order chi connectivity index (χ0) is 19.2. The summed E-state index contributed by atoms with van der Waals surface area (Å²) in [6, 6.07) is 3.43. The molecular formula is C18H27FN2O4S. The molecule has 1 amide bonds. The van der Waals surface area contributed by atoms with Crippen molar-refractivity contribution in [3.63, 3.8) is 0 Å². The summed E-state index contributed by atoms with van der Waals surface area (Å²) >= 11 is 0. The number of amides is 1. The number of unbranched alkanes of at least 4 members (excludes halogenated alkanes) is 2. The van der Waals surface area contributed by atoms with E-state index in [4.69, 9.17) is 4.74 Å². The van der Waals surface area contributed by atoms with Gasteiger partial charge in [-0.2, -0.15) is 4.31 Å². The van der Waals surface area contributed by atoms with E-state index in [0.29, 0.717) is 0 Å². The van der Waals surface area contributed by atoms with Gasteiger partial charge < -0.3 is 10.1 Å². The molecule has 6 nitrogen and oxygen atoms in total. The maximum atomic E-state index is 14.2. The molecule has 0 aliphatic carbocycles. The maximum absolute atomic E-state index is 14.2. The number of hydrogen-bond acceptors (Lipinski definition) is 4. The Balaban J connectivity index is 2.14. The van der Waals surface area contributed by atoms with E-state index >= 15 is 0 Å². The molecule has 0 radical (unpaired) electrons. The average Bonchev–Trinajstić information content (AvgIpc) is 2.62. The molecule has 2 rings (SSSR count). The number of nitrogens with zero attached hydrogens (tertiary/aromatic N) is 1. The number of carbonyl (C=O) groups excluding carboxylic acids is 1. The molecule has 26 heavy (non-hydrogen) atoms. The van der Waals surface area contributed by atoms with Crippen molar-refractivity contribution in [2.24, 2.45) is 0 Å². The van der Waals surface area contributed by atoms with E-state index in [2.05, 4.69) is 12.2 Å². The fraction of sp³-hybridized carbons (Fsp3) is 0.611. The smallest absolute Gasteiger partial charge is 0.251 e. The number of benzene rings is 1. The van der Waals surface area contributed by atoms with Gasteiger partial charge in [-0.15, -0.1) is 0 Å². The molecule has 0 bridgehead atoms. The van der Waals surface area contributed by atoms with Crippen molar-refractivity contribution >= 4 is 15.9 Å². The zero-order valence-electron chi connectivity index (χ0n) is 15.3. The van der Waals surface area contributed by atoms with Gasteiger partial charge in [0.25, 0.3) is 5.91 Å². The second kappa shape index (κ2) is 9.43. The number of ether oxygens (including phenoxy) is 1. The van der Waals surface area contributed by atoms with Crippen molar-refractivity contribution in [1.82, 2.24) is 9.62 Å². The molecule has 1 aromatic rings. The minimum absolute atomic E-state index is 0.0293. The first-order valence-electron chi connectivity index (χ1n) is 9.04. The van der Waals surface area contributed by atoms with Gasteiger partial charge in [0.2, 0.25) is 10.0 Å². The number of morpholine rings is 1. The summed E-state index contributed by atoms with van der Waals surface area (Å²) < 4.78 is 45.9. The van der Waals surface area contributed by atoms with Gasteiger partial charge in [0.1, 0.15) is 10.7 Å². The molecule has 1 aliphatic rings. The van der Waals surface area contributed by atoms with Gasteiger partial charge in [0, 0.05) is 24.7 Å². The quantitative estimate of drug-likeness (QED) is 0.697. The van der Waals surface area contributed by atoms with Gasteiger partial charge in [-0.05, 0) is 31.5 Å². The van der Waals surface area contributed by atoms with Gasteiger partial charge in [-0.3, -0.25) is 4.79 Å². The van der Waals surface area contributed by atoms with Crippen molar-refractivity contribution < 1.29 is 22.3 Å². The summed E-state index contributed by atoms with van der Waals surface area (Å²) in [5, 5.41) is 2.84. The summed E-state index contributed by atoms with van der Waals surface area (Å²) in [6.07, 6.45) is 4.05. The first kappa shape index (κ1) is 20.8. The minimum atomic E-state index is -4.00. The van der Waals surface area contributed by atoms with Crippen LogP contribution in [0.1, 0.15) is 49.9 Å². The van der Waals surface area contributed by atoms with E-state index in [-0.39, 0.29) is 37.9 Å². The molecule has 8 heteroatoms. The molecule has 1 heterocycles. The van der Waals surface area contributed by atoms with Crippen LogP contribution < -0.4 is 5.32 Å². The average molecular weight is 386 g/mol. The van der Waals surface area contributed by atoms with Gasteiger partial charge >= 0.3 is 0 Å². The van der Waals surface area contributed by atoms with Crippen LogP contribution in [0.25, 0.3) is 0 Å². The Morgan fingerprint density at radius 1 is 1.31 bits per heavy atom. The number of nitrogens with one attached hydrogen (secondary N) is 1. The van der Waals surface area contributed by atoms with E-state index in [0.717, 1.165) is 37.8 Å². The highest BCUT2D eigenvalue weighted by atomic mass is 32.2. The van der Waals surface area contributed by atoms with Crippen LogP contribution in [0.15, 0.2) is 23.1 Å². The number of rotatable bonds is 8. The van der Waals surface area contributed by atoms with Crippen molar-refractivity contribution in [2.45, 2.75) is 50.5 Å². The Morgan fingerprint density at radius 3 is 2.65 bits per heavy atom. The second-order valence-electron chi connectivity index (χ2n) is 6.53. The van der Waals surface area contributed by atoms with Crippen molar-refractivity contribution in [3.8, 4) is 0 Å². The molecule has 1 saturated heterocycles. The normalized spacial score (nSPS) is 17.0. The van der Waals surface area contributed by atoms with Crippen LogP contribution in [0.3, 0.4) is 0 Å². The summed E-state index contributed by atoms with van der Waals surface area (Å²) in [4.78, 5) is 11.9. The molecule has 1 unspecified atom stereocenters. The lowest BCUT2D eigenvalue weighted by Gasteiger charge is -2.26. The molecule has 1 N–H and O–H groups in total. The molecule has 1 atom stereocenters. The van der Waals surface area contributed by atoms with Crippen molar-refractivity contribution in [1.29, 1.82) is 0 Å². The number of sulfonamides is 1. The van der Waals surface area contributed by atoms with E-state index in [1.54, 1.807) is 0 Å². The van der Waals surface area contributed by atoms with Gasteiger partial charge in [-0.1, -0.05) is 26.2 Å². The van der Waals surface area contributed by atoms with Crippen LogP contribution in [-0.2, 0) is 14.8 Å². The van der Waals surface area contributed by atoms with Gasteiger partial charge in [-0.25, -0.2) is 12.8 Å². The highest BCUT2D eigenvalue weighted by Crippen LogP contribution is 2.22. The Bertz CT molecular complexity index is 718. The SMILES string of the molecule is CCCCCC(C)NC(=O)c1ccc(F)c(S(=O)(=O)N2CCOCC2)c1. The van der Waals surface area contributed by atoms with Crippen molar-refractivity contribution in [3.05, 3.63) is 29.6 Å². The zero-order valence-corrected chi connectivity index (χ0v) is 16.1. The van der Waals surface area contributed by atoms with Crippen LogP contribution in [0.5, 0.6) is 0 Å². The summed E-state index contributed by atoms with van der Waals surface area (Å²) in [5.74, 6) is -1.25. The number of carbonyl (C=O) groups is 1. The van der Waals surface area contributed by atoms with E-state index in [1.807, 2.05) is 6.92 Å². The molecule has 1 aliphatic heterocycles.